The van der Waals surface area contributed by atoms with Gasteiger partial charge in [-0.25, -0.2) is 0 Å². The lowest BCUT2D eigenvalue weighted by molar-refractivity contribution is -0.121. The van der Waals surface area contributed by atoms with Crippen molar-refractivity contribution in [3.05, 3.63) is 35.4 Å². The zero-order valence-corrected chi connectivity index (χ0v) is 17.0. The normalized spacial score (nSPS) is 11.2. The zero-order valence-electron chi connectivity index (χ0n) is 17.0. The number of hydrogen-bond acceptors (Lipinski definition) is 2. The van der Waals surface area contributed by atoms with E-state index >= 15 is 0 Å². The lowest BCUT2D eigenvalue weighted by Crippen LogP contribution is -2.29. The van der Waals surface area contributed by atoms with Gasteiger partial charge >= 0.3 is 0 Å². The van der Waals surface area contributed by atoms with Gasteiger partial charge in [0.25, 0.3) is 5.91 Å². The van der Waals surface area contributed by atoms with Gasteiger partial charge in [-0.3, -0.25) is 9.59 Å². The van der Waals surface area contributed by atoms with Gasteiger partial charge in [0.05, 0.1) is 0 Å². The predicted octanol–water partition coefficient (Wildman–Crippen LogP) is 4.48. The lowest BCUT2D eigenvalue weighted by Gasteiger charge is -2.18. The molecule has 0 aromatic heterocycles. The Kier molecular flexibility index (Phi) is 10.0. The number of carbonyl (C=O) groups excluding carboxylic acids is 2. The van der Waals surface area contributed by atoms with E-state index in [9.17, 15) is 9.59 Å². The van der Waals surface area contributed by atoms with Gasteiger partial charge in [0.15, 0.2) is 0 Å². The molecule has 0 aliphatic carbocycles. The molecule has 26 heavy (non-hydrogen) atoms. The van der Waals surface area contributed by atoms with Crippen LogP contribution in [0.25, 0.3) is 0 Å². The Morgan fingerprint density at radius 1 is 0.885 bits per heavy atom. The summed E-state index contributed by atoms with van der Waals surface area (Å²) in [5.74, 6) is 0.0556. The molecule has 0 saturated carbocycles. The molecule has 0 unspecified atom stereocenters. The third-order valence-corrected chi connectivity index (χ3v) is 4.17. The van der Waals surface area contributed by atoms with Crippen LogP contribution >= 0.6 is 0 Å². The van der Waals surface area contributed by atoms with Crippen LogP contribution in [0.3, 0.4) is 0 Å². The van der Waals surface area contributed by atoms with Crippen LogP contribution in [-0.2, 0) is 11.2 Å². The van der Waals surface area contributed by atoms with E-state index in [2.05, 4.69) is 38.3 Å². The Balaban J connectivity index is 2.19. The summed E-state index contributed by atoms with van der Waals surface area (Å²) in [4.78, 5) is 23.8. The first-order chi connectivity index (χ1) is 12.3. The first-order valence-electron chi connectivity index (χ1n) is 9.95. The van der Waals surface area contributed by atoms with Crippen molar-refractivity contribution in [2.75, 3.05) is 13.1 Å². The van der Waals surface area contributed by atoms with Crippen molar-refractivity contribution in [2.24, 2.45) is 5.41 Å². The second-order valence-electron chi connectivity index (χ2n) is 8.20. The zero-order chi connectivity index (χ0) is 19.4. The quantitative estimate of drug-likeness (QED) is 0.572. The van der Waals surface area contributed by atoms with Gasteiger partial charge in [0.2, 0.25) is 5.91 Å². The largest absolute Gasteiger partial charge is 0.356 e. The fourth-order valence-corrected chi connectivity index (χ4v) is 2.81. The first kappa shape index (κ1) is 22.2. The minimum absolute atomic E-state index is 0.0572. The van der Waals surface area contributed by atoms with Crippen molar-refractivity contribution in [2.45, 2.75) is 72.6 Å². The molecule has 2 amide bonds. The van der Waals surface area contributed by atoms with Crippen LogP contribution in [0.2, 0.25) is 0 Å². The van der Waals surface area contributed by atoms with Crippen LogP contribution in [0.1, 0.15) is 82.1 Å². The molecule has 0 aliphatic rings. The van der Waals surface area contributed by atoms with Crippen molar-refractivity contribution in [1.82, 2.24) is 10.6 Å². The third kappa shape index (κ3) is 10.2. The summed E-state index contributed by atoms with van der Waals surface area (Å²) < 4.78 is 0. The van der Waals surface area contributed by atoms with Crippen molar-refractivity contribution in [1.29, 1.82) is 0 Å². The van der Waals surface area contributed by atoms with Gasteiger partial charge in [-0.2, -0.15) is 0 Å². The fourth-order valence-electron chi connectivity index (χ4n) is 2.81. The van der Waals surface area contributed by atoms with Crippen LogP contribution in [0.5, 0.6) is 0 Å². The Labute approximate surface area is 159 Å². The van der Waals surface area contributed by atoms with Gasteiger partial charge in [-0.05, 0) is 42.4 Å². The average Bonchev–Trinajstić information content (AvgIpc) is 2.57. The van der Waals surface area contributed by atoms with Gasteiger partial charge < -0.3 is 10.6 Å². The summed E-state index contributed by atoms with van der Waals surface area (Å²) >= 11 is 0. The molecule has 0 atom stereocenters. The number of unbranched alkanes of at least 4 members (excludes halogenated alkanes) is 3. The van der Waals surface area contributed by atoms with E-state index in [4.69, 9.17) is 0 Å². The van der Waals surface area contributed by atoms with Crippen molar-refractivity contribution >= 4 is 11.8 Å². The van der Waals surface area contributed by atoms with E-state index in [1.807, 2.05) is 24.3 Å². The smallest absolute Gasteiger partial charge is 0.251 e. The summed E-state index contributed by atoms with van der Waals surface area (Å²) in [6.45, 7) is 9.96. The second kappa shape index (κ2) is 11.7. The van der Waals surface area contributed by atoms with Crippen LogP contribution in [0, 0.1) is 5.41 Å². The highest BCUT2D eigenvalue weighted by Gasteiger charge is 2.12. The van der Waals surface area contributed by atoms with Gasteiger partial charge in [0.1, 0.15) is 0 Å². The molecule has 1 aromatic carbocycles. The van der Waals surface area contributed by atoms with E-state index in [0.717, 1.165) is 25.7 Å². The van der Waals surface area contributed by atoms with Crippen LogP contribution in [0.4, 0.5) is 0 Å². The molecule has 0 spiro atoms. The first-order valence-corrected chi connectivity index (χ1v) is 9.95. The van der Waals surface area contributed by atoms with E-state index in [1.54, 1.807) is 0 Å². The number of amides is 2. The van der Waals surface area contributed by atoms with Crippen LogP contribution in [0.15, 0.2) is 24.3 Å². The maximum atomic E-state index is 12.1. The molecule has 4 heteroatoms. The van der Waals surface area contributed by atoms with Crippen LogP contribution in [-0.4, -0.2) is 24.9 Å². The predicted molar refractivity (Wildman–Crippen MR) is 108 cm³/mol. The topological polar surface area (TPSA) is 58.2 Å². The molecular formula is C22H36N2O2. The van der Waals surface area contributed by atoms with E-state index in [0.29, 0.717) is 25.1 Å². The average molecular weight is 361 g/mol. The SMILES string of the molecule is CCCCCCC(=O)NCCCNC(=O)c1ccc(CC(C)(C)C)cc1. The Morgan fingerprint density at radius 2 is 1.54 bits per heavy atom. The number of nitrogens with one attached hydrogen (secondary N) is 2. The molecule has 0 heterocycles. The number of rotatable bonds is 11. The van der Waals surface area contributed by atoms with Crippen molar-refractivity contribution in [3.8, 4) is 0 Å². The minimum Gasteiger partial charge on any atom is -0.356 e. The molecule has 1 aromatic rings. The second-order valence-corrected chi connectivity index (χ2v) is 8.20. The van der Waals surface area contributed by atoms with Crippen molar-refractivity contribution in [3.63, 3.8) is 0 Å². The summed E-state index contributed by atoms with van der Waals surface area (Å²) in [6.07, 6.45) is 6.79. The van der Waals surface area contributed by atoms with E-state index < -0.39 is 0 Å². The number of hydrogen-bond donors (Lipinski definition) is 2. The molecule has 0 saturated heterocycles. The molecule has 0 bridgehead atoms. The lowest BCUT2D eigenvalue weighted by atomic mass is 9.88. The van der Waals surface area contributed by atoms with Crippen LogP contribution < -0.4 is 10.6 Å². The molecule has 4 nitrogen and oxygen atoms in total. The summed E-state index contributed by atoms with van der Waals surface area (Å²) in [5, 5.41) is 5.82. The maximum absolute atomic E-state index is 12.1. The molecule has 1 rings (SSSR count). The molecular weight excluding hydrogens is 324 g/mol. The maximum Gasteiger partial charge on any atom is 0.251 e. The van der Waals surface area contributed by atoms with Gasteiger partial charge in [-0.1, -0.05) is 59.1 Å². The Bertz CT molecular complexity index is 544. The molecule has 0 radical (unpaired) electrons. The van der Waals surface area contributed by atoms with E-state index in [-0.39, 0.29) is 17.2 Å². The van der Waals surface area contributed by atoms with E-state index in [1.165, 1.54) is 18.4 Å². The molecule has 0 fully saturated rings. The molecule has 146 valence electrons. The Hall–Kier alpha value is -1.84. The summed E-state index contributed by atoms with van der Waals surface area (Å²) in [6, 6.07) is 7.82. The standard InChI is InChI=1S/C22H36N2O2/c1-5-6-7-8-10-20(25)23-15-9-16-24-21(26)19-13-11-18(12-14-19)17-22(2,3)4/h11-14H,5-10,15-17H2,1-4H3,(H,23,25)(H,24,26). The highest BCUT2D eigenvalue weighted by Crippen LogP contribution is 2.20. The molecule has 0 aliphatic heterocycles. The number of benzene rings is 1. The highest BCUT2D eigenvalue weighted by atomic mass is 16.2. The van der Waals surface area contributed by atoms with Gasteiger partial charge in [-0.15, -0.1) is 0 Å². The number of carbonyl (C=O) groups is 2. The highest BCUT2D eigenvalue weighted by molar-refractivity contribution is 5.94. The fraction of sp³-hybridized carbons (Fsp3) is 0.636. The minimum atomic E-state index is -0.0572. The summed E-state index contributed by atoms with van der Waals surface area (Å²) in [7, 11) is 0. The molecule has 2 N–H and O–H groups in total. The van der Waals surface area contributed by atoms with Gasteiger partial charge in [0, 0.05) is 25.1 Å². The summed E-state index contributed by atoms with van der Waals surface area (Å²) in [5.41, 5.74) is 2.17. The Morgan fingerprint density at radius 3 is 2.15 bits per heavy atom. The third-order valence-electron chi connectivity index (χ3n) is 4.17. The monoisotopic (exact) mass is 360 g/mol. The van der Waals surface area contributed by atoms with Crippen molar-refractivity contribution < 1.29 is 9.59 Å².